The summed E-state index contributed by atoms with van der Waals surface area (Å²) in [6.07, 6.45) is 0.886. The SMILES string of the molecule is CCc1ccc2c(c1)C(c1ccc([N+](=O)[O-])cc1)=NNC(c1ccc(Br)cc1)=N2. The Labute approximate surface area is 176 Å². The van der Waals surface area contributed by atoms with Crippen molar-refractivity contribution in [2.24, 2.45) is 10.1 Å². The summed E-state index contributed by atoms with van der Waals surface area (Å²) in [6.45, 7) is 2.09. The lowest BCUT2D eigenvalue weighted by Crippen LogP contribution is -2.19. The van der Waals surface area contributed by atoms with Gasteiger partial charge in [0.2, 0.25) is 0 Å². The molecule has 144 valence electrons. The van der Waals surface area contributed by atoms with Gasteiger partial charge >= 0.3 is 0 Å². The molecule has 0 saturated heterocycles. The number of nitrogens with one attached hydrogen (secondary N) is 1. The highest BCUT2D eigenvalue weighted by Gasteiger charge is 2.18. The summed E-state index contributed by atoms with van der Waals surface area (Å²) in [6, 6.07) is 20.3. The number of amidine groups is 1. The van der Waals surface area contributed by atoms with Gasteiger partial charge in [0.15, 0.2) is 5.84 Å². The number of nitro benzene ring substituents is 1. The molecule has 0 fully saturated rings. The van der Waals surface area contributed by atoms with Gasteiger partial charge in [-0.1, -0.05) is 41.1 Å². The topological polar surface area (TPSA) is 79.9 Å². The first-order chi connectivity index (χ1) is 14.0. The van der Waals surface area contributed by atoms with Crippen LogP contribution >= 0.6 is 15.9 Å². The molecule has 1 aliphatic rings. The van der Waals surface area contributed by atoms with Crippen LogP contribution in [0.3, 0.4) is 0 Å². The molecule has 0 amide bonds. The third kappa shape index (κ3) is 3.95. The van der Waals surface area contributed by atoms with Gasteiger partial charge in [-0.2, -0.15) is 5.10 Å². The molecule has 3 aromatic rings. The molecule has 0 saturated carbocycles. The van der Waals surface area contributed by atoms with Crippen LogP contribution in [-0.2, 0) is 6.42 Å². The zero-order valence-electron chi connectivity index (χ0n) is 15.6. The molecule has 1 N–H and O–H groups in total. The van der Waals surface area contributed by atoms with E-state index in [0.717, 1.165) is 33.3 Å². The Bertz CT molecular complexity index is 1140. The van der Waals surface area contributed by atoms with Crippen LogP contribution in [0, 0.1) is 10.1 Å². The van der Waals surface area contributed by atoms with E-state index in [4.69, 9.17) is 4.99 Å². The summed E-state index contributed by atoms with van der Waals surface area (Å²) in [7, 11) is 0. The van der Waals surface area contributed by atoms with E-state index in [9.17, 15) is 10.1 Å². The lowest BCUT2D eigenvalue weighted by molar-refractivity contribution is -0.384. The maximum Gasteiger partial charge on any atom is 0.269 e. The van der Waals surface area contributed by atoms with E-state index in [1.807, 2.05) is 30.3 Å². The monoisotopic (exact) mass is 448 g/mol. The highest BCUT2D eigenvalue weighted by molar-refractivity contribution is 9.10. The maximum absolute atomic E-state index is 11.0. The van der Waals surface area contributed by atoms with Gasteiger partial charge in [0, 0.05) is 33.3 Å². The van der Waals surface area contributed by atoms with Gasteiger partial charge in [0.1, 0.15) is 0 Å². The standard InChI is InChI=1S/C22H17BrN4O2/c1-2-14-3-12-20-19(13-14)21(15-6-10-18(11-7-15)27(28)29)25-26-22(24-20)16-4-8-17(23)9-5-16/h3-13H,2H2,1H3,(H,24,26). The van der Waals surface area contributed by atoms with Crippen molar-refractivity contribution in [1.29, 1.82) is 0 Å². The van der Waals surface area contributed by atoms with Crippen molar-refractivity contribution in [3.63, 3.8) is 0 Å². The molecule has 0 unspecified atom stereocenters. The van der Waals surface area contributed by atoms with Crippen LogP contribution in [0.1, 0.15) is 29.2 Å². The zero-order chi connectivity index (χ0) is 20.4. The minimum atomic E-state index is -0.408. The lowest BCUT2D eigenvalue weighted by atomic mass is 9.98. The van der Waals surface area contributed by atoms with Gasteiger partial charge in [0.05, 0.1) is 16.3 Å². The van der Waals surface area contributed by atoms with Crippen LogP contribution in [0.5, 0.6) is 0 Å². The zero-order valence-corrected chi connectivity index (χ0v) is 17.2. The molecule has 0 aromatic heterocycles. The largest absolute Gasteiger partial charge is 0.269 e. The molecule has 6 nitrogen and oxygen atoms in total. The fraction of sp³-hybridized carbons (Fsp3) is 0.0909. The Morgan fingerprint density at radius 1 is 1.00 bits per heavy atom. The number of rotatable bonds is 4. The van der Waals surface area contributed by atoms with Crippen molar-refractivity contribution in [3.8, 4) is 0 Å². The lowest BCUT2D eigenvalue weighted by Gasteiger charge is -2.09. The van der Waals surface area contributed by atoms with E-state index in [1.165, 1.54) is 17.7 Å². The molecule has 0 aliphatic carbocycles. The molecular formula is C22H17BrN4O2. The minimum Gasteiger partial charge on any atom is -0.260 e. The number of non-ortho nitro benzene ring substituents is 1. The van der Waals surface area contributed by atoms with Crippen LogP contribution in [0.25, 0.3) is 0 Å². The number of hydrazone groups is 1. The molecule has 0 radical (unpaired) electrons. The van der Waals surface area contributed by atoms with Crippen molar-refractivity contribution in [2.45, 2.75) is 13.3 Å². The van der Waals surface area contributed by atoms with Crippen molar-refractivity contribution < 1.29 is 4.92 Å². The Hall–Kier alpha value is -3.32. The predicted octanol–water partition coefficient (Wildman–Crippen LogP) is 5.35. The van der Waals surface area contributed by atoms with Crippen LogP contribution in [0.2, 0.25) is 0 Å². The van der Waals surface area contributed by atoms with Crippen LogP contribution < -0.4 is 5.43 Å². The number of hydrogen-bond donors (Lipinski definition) is 1. The van der Waals surface area contributed by atoms with Crippen molar-refractivity contribution in [1.82, 2.24) is 5.43 Å². The Kier molecular flexibility index (Phi) is 5.22. The average Bonchev–Trinajstić information content (AvgIpc) is 2.93. The van der Waals surface area contributed by atoms with E-state index in [2.05, 4.69) is 45.5 Å². The van der Waals surface area contributed by atoms with Gasteiger partial charge in [-0.05, 0) is 48.4 Å². The molecule has 0 spiro atoms. The van der Waals surface area contributed by atoms with Crippen LogP contribution in [0.15, 0.2) is 81.3 Å². The number of benzene rings is 3. The maximum atomic E-state index is 11.0. The molecule has 4 rings (SSSR count). The predicted molar refractivity (Wildman–Crippen MR) is 118 cm³/mol. The van der Waals surface area contributed by atoms with Gasteiger partial charge < -0.3 is 0 Å². The fourth-order valence-corrected chi connectivity index (χ4v) is 3.37. The Morgan fingerprint density at radius 2 is 1.69 bits per heavy atom. The summed E-state index contributed by atoms with van der Waals surface area (Å²) in [5.41, 5.74) is 8.36. The fourth-order valence-electron chi connectivity index (χ4n) is 3.10. The highest BCUT2D eigenvalue weighted by Crippen LogP contribution is 2.28. The quantitative estimate of drug-likeness (QED) is 0.431. The number of fused-ring (bicyclic) bond motifs is 1. The molecule has 3 aromatic carbocycles. The molecule has 7 heteroatoms. The first kappa shape index (κ1) is 19.0. The van der Waals surface area contributed by atoms with E-state index in [1.54, 1.807) is 12.1 Å². The van der Waals surface area contributed by atoms with Gasteiger partial charge in [-0.15, -0.1) is 0 Å². The smallest absolute Gasteiger partial charge is 0.260 e. The van der Waals surface area contributed by atoms with Crippen molar-refractivity contribution in [2.75, 3.05) is 0 Å². The molecule has 29 heavy (non-hydrogen) atoms. The van der Waals surface area contributed by atoms with Gasteiger partial charge in [-0.25, -0.2) is 4.99 Å². The van der Waals surface area contributed by atoms with Crippen molar-refractivity contribution in [3.05, 3.63) is 104 Å². The number of nitro groups is 1. The number of aryl methyl sites for hydroxylation is 1. The first-order valence-corrected chi connectivity index (χ1v) is 9.91. The molecular weight excluding hydrogens is 432 g/mol. The highest BCUT2D eigenvalue weighted by atomic mass is 79.9. The summed E-state index contributed by atoms with van der Waals surface area (Å²) >= 11 is 3.45. The number of halogens is 1. The summed E-state index contributed by atoms with van der Waals surface area (Å²) in [5.74, 6) is 0.639. The summed E-state index contributed by atoms with van der Waals surface area (Å²) < 4.78 is 0.985. The Balaban J connectivity index is 1.83. The molecule has 1 aliphatic heterocycles. The van der Waals surface area contributed by atoms with E-state index in [-0.39, 0.29) is 5.69 Å². The third-order valence-electron chi connectivity index (χ3n) is 4.70. The second-order valence-electron chi connectivity index (χ2n) is 6.55. The summed E-state index contributed by atoms with van der Waals surface area (Å²) in [4.78, 5) is 15.4. The minimum absolute atomic E-state index is 0.0465. The number of nitrogens with zero attached hydrogens (tertiary/aromatic N) is 3. The average molecular weight is 449 g/mol. The number of hydrogen-bond acceptors (Lipinski definition) is 5. The second kappa shape index (κ2) is 7.97. The summed E-state index contributed by atoms with van der Waals surface area (Å²) in [5, 5.41) is 15.6. The Morgan fingerprint density at radius 3 is 2.34 bits per heavy atom. The van der Waals surface area contributed by atoms with E-state index < -0.39 is 4.92 Å². The third-order valence-corrected chi connectivity index (χ3v) is 5.23. The van der Waals surface area contributed by atoms with Gasteiger partial charge in [-0.3, -0.25) is 15.5 Å². The first-order valence-electron chi connectivity index (χ1n) is 9.11. The second-order valence-corrected chi connectivity index (χ2v) is 7.46. The van der Waals surface area contributed by atoms with E-state index in [0.29, 0.717) is 11.5 Å². The normalized spacial score (nSPS) is 12.9. The molecule has 0 bridgehead atoms. The molecule has 1 heterocycles. The van der Waals surface area contributed by atoms with E-state index >= 15 is 0 Å². The number of aliphatic imine (C=N–C) groups is 1. The molecule has 0 atom stereocenters. The van der Waals surface area contributed by atoms with Crippen LogP contribution in [0.4, 0.5) is 11.4 Å². The van der Waals surface area contributed by atoms with Gasteiger partial charge in [0.25, 0.3) is 5.69 Å². The van der Waals surface area contributed by atoms with Crippen molar-refractivity contribution >= 4 is 38.9 Å². The van der Waals surface area contributed by atoms with Crippen LogP contribution in [-0.4, -0.2) is 16.5 Å².